The molecule has 0 heterocycles. The SMILES string of the molecule is COc1cc(F)c(Br)cc1C(=O)Cc1ccccc1C. The summed E-state index contributed by atoms with van der Waals surface area (Å²) in [7, 11) is 1.42. The van der Waals surface area contributed by atoms with Crippen LogP contribution in [0.5, 0.6) is 5.75 Å². The van der Waals surface area contributed by atoms with Crippen molar-refractivity contribution >= 4 is 21.7 Å². The van der Waals surface area contributed by atoms with Crippen molar-refractivity contribution in [3.63, 3.8) is 0 Å². The number of halogens is 2. The zero-order valence-electron chi connectivity index (χ0n) is 11.2. The number of carbonyl (C=O) groups is 1. The van der Waals surface area contributed by atoms with E-state index in [1.54, 1.807) is 0 Å². The highest BCUT2D eigenvalue weighted by atomic mass is 79.9. The van der Waals surface area contributed by atoms with Gasteiger partial charge in [0, 0.05) is 12.5 Å². The Labute approximate surface area is 125 Å². The van der Waals surface area contributed by atoms with Crippen molar-refractivity contribution in [2.24, 2.45) is 0 Å². The van der Waals surface area contributed by atoms with Gasteiger partial charge in [-0.1, -0.05) is 24.3 Å². The van der Waals surface area contributed by atoms with Crippen LogP contribution in [0.4, 0.5) is 4.39 Å². The Bertz CT molecular complexity index is 653. The number of methoxy groups -OCH3 is 1. The molecule has 2 aromatic carbocycles. The number of carbonyl (C=O) groups excluding carboxylic acids is 1. The van der Waals surface area contributed by atoms with Crippen LogP contribution in [0.25, 0.3) is 0 Å². The smallest absolute Gasteiger partial charge is 0.171 e. The molecule has 0 saturated carbocycles. The molecule has 0 unspecified atom stereocenters. The number of hydrogen-bond acceptors (Lipinski definition) is 2. The molecule has 0 aliphatic rings. The van der Waals surface area contributed by atoms with Crippen molar-refractivity contribution < 1.29 is 13.9 Å². The van der Waals surface area contributed by atoms with Crippen molar-refractivity contribution in [1.82, 2.24) is 0 Å². The van der Waals surface area contributed by atoms with E-state index >= 15 is 0 Å². The van der Waals surface area contributed by atoms with E-state index in [1.165, 1.54) is 19.2 Å². The lowest BCUT2D eigenvalue weighted by molar-refractivity contribution is 0.0989. The van der Waals surface area contributed by atoms with E-state index in [9.17, 15) is 9.18 Å². The highest BCUT2D eigenvalue weighted by Crippen LogP contribution is 2.27. The lowest BCUT2D eigenvalue weighted by Crippen LogP contribution is -2.07. The zero-order chi connectivity index (χ0) is 14.7. The first kappa shape index (κ1) is 14.7. The Morgan fingerprint density at radius 2 is 2.00 bits per heavy atom. The molecule has 0 bridgehead atoms. The maximum absolute atomic E-state index is 13.5. The molecule has 0 atom stereocenters. The van der Waals surface area contributed by atoms with Gasteiger partial charge >= 0.3 is 0 Å². The van der Waals surface area contributed by atoms with Gasteiger partial charge < -0.3 is 4.74 Å². The van der Waals surface area contributed by atoms with Crippen molar-refractivity contribution in [1.29, 1.82) is 0 Å². The first-order valence-corrected chi connectivity index (χ1v) is 6.93. The monoisotopic (exact) mass is 336 g/mol. The van der Waals surface area contributed by atoms with E-state index in [4.69, 9.17) is 4.74 Å². The number of rotatable bonds is 4. The molecule has 4 heteroatoms. The van der Waals surface area contributed by atoms with Crippen molar-refractivity contribution in [2.45, 2.75) is 13.3 Å². The second-order valence-corrected chi connectivity index (χ2v) is 5.35. The van der Waals surface area contributed by atoms with E-state index in [0.29, 0.717) is 5.56 Å². The standard InChI is InChI=1S/C16H14BrFO2/c1-10-5-3-4-6-11(10)7-15(19)12-8-13(17)14(18)9-16(12)20-2/h3-6,8-9H,7H2,1-2H3. The largest absolute Gasteiger partial charge is 0.496 e. The van der Waals surface area contributed by atoms with Crippen LogP contribution in [0.15, 0.2) is 40.9 Å². The average Bonchev–Trinajstić information content (AvgIpc) is 2.43. The number of ether oxygens (including phenoxy) is 1. The molecule has 0 amide bonds. The van der Waals surface area contributed by atoms with Crippen LogP contribution in [0.1, 0.15) is 21.5 Å². The Balaban J connectivity index is 2.34. The van der Waals surface area contributed by atoms with Gasteiger partial charge in [0.15, 0.2) is 5.78 Å². The second kappa shape index (κ2) is 6.18. The molecule has 104 valence electrons. The first-order chi connectivity index (χ1) is 9.52. The maximum Gasteiger partial charge on any atom is 0.171 e. The summed E-state index contributed by atoms with van der Waals surface area (Å²) in [5, 5.41) is 0. The summed E-state index contributed by atoms with van der Waals surface area (Å²) in [5.41, 5.74) is 2.39. The van der Waals surface area contributed by atoms with Crippen molar-refractivity contribution in [3.8, 4) is 5.75 Å². The lowest BCUT2D eigenvalue weighted by atomic mass is 9.99. The van der Waals surface area contributed by atoms with Crippen LogP contribution >= 0.6 is 15.9 Å². The Morgan fingerprint density at radius 1 is 1.30 bits per heavy atom. The summed E-state index contributed by atoms with van der Waals surface area (Å²) in [6.45, 7) is 1.96. The van der Waals surface area contributed by atoms with Crippen LogP contribution in [-0.2, 0) is 6.42 Å². The predicted octanol–water partition coefficient (Wildman–Crippen LogP) is 4.33. The molecular formula is C16H14BrFO2. The first-order valence-electron chi connectivity index (χ1n) is 6.13. The average molecular weight is 337 g/mol. The quantitative estimate of drug-likeness (QED) is 0.776. The molecule has 0 N–H and O–H groups in total. The fraction of sp³-hybridized carbons (Fsp3) is 0.188. The third-order valence-corrected chi connectivity index (χ3v) is 3.76. The molecular weight excluding hydrogens is 323 g/mol. The van der Waals surface area contributed by atoms with Gasteiger partial charge in [-0.2, -0.15) is 0 Å². The minimum Gasteiger partial charge on any atom is -0.496 e. The second-order valence-electron chi connectivity index (χ2n) is 4.49. The van der Waals surface area contributed by atoms with Gasteiger partial charge in [0.05, 0.1) is 17.1 Å². The highest BCUT2D eigenvalue weighted by molar-refractivity contribution is 9.10. The molecule has 2 rings (SSSR count). The summed E-state index contributed by atoms with van der Waals surface area (Å²) in [4.78, 5) is 12.4. The van der Waals surface area contributed by atoms with Crippen LogP contribution in [0.3, 0.4) is 0 Å². The molecule has 20 heavy (non-hydrogen) atoms. The molecule has 2 nitrogen and oxygen atoms in total. The molecule has 2 aromatic rings. The summed E-state index contributed by atoms with van der Waals surface area (Å²) in [6, 6.07) is 10.4. The molecule has 0 saturated heterocycles. The molecule has 0 radical (unpaired) electrons. The van der Waals surface area contributed by atoms with Crippen LogP contribution in [0.2, 0.25) is 0 Å². The van der Waals surface area contributed by atoms with E-state index in [1.807, 2.05) is 31.2 Å². The van der Waals surface area contributed by atoms with E-state index in [-0.39, 0.29) is 22.4 Å². The fourth-order valence-corrected chi connectivity index (χ4v) is 2.34. The lowest BCUT2D eigenvalue weighted by Gasteiger charge is -2.10. The van der Waals surface area contributed by atoms with Crippen molar-refractivity contribution in [3.05, 3.63) is 63.4 Å². The van der Waals surface area contributed by atoms with Crippen molar-refractivity contribution in [2.75, 3.05) is 7.11 Å². The third kappa shape index (κ3) is 3.07. The Kier molecular flexibility index (Phi) is 4.55. The minimum atomic E-state index is -0.450. The van der Waals surface area contributed by atoms with E-state index < -0.39 is 5.82 Å². The molecule has 0 aliphatic heterocycles. The van der Waals surface area contributed by atoms with Gasteiger partial charge in [0.2, 0.25) is 0 Å². The zero-order valence-corrected chi connectivity index (χ0v) is 12.8. The molecule has 0 spiro atoms. The summed E-state index contributed by atoms with van der Waals surface area (Å²) in [5.74, 6) is -0.296. The highest BCUT2D eigenvalue weighted by Gasteiger charge is 2.16. The summed E-state index contributed by atoms with van der Waals surface area (Å²) in [6.07, 6.45) is 0.265. The number of benzene rings is 2. The third-order valence-electron chi connectivity index (χ3n) is 3.16. The molecule has 0 aliphatic carbocycles. The number of ketones is 1. The van der Waals surface area contributed by atoms with Crippen LogP contribution < -0.4 is 4.74 Å². The predicted molar refractivity (Wildman–Crippen MR) is 79.9 cm³/mol. The maximum atomic E-state index is 13.5. The summed E-state index contributed by atoms with van der Waals surface area (Å²) < 4.78 is 18.8. The minimum absolute atomic E-state index is 0.100. The number of hydrogen-bond donors (Lipinski definition) is 0. The Hall–Kier alpha value is -1.68. The van der Waals surface area contributed by atoms with E-state index in [2.05, 4.69) is 15.9 Å². The fourth-order valence-electron chi connectivity index (χ4n) is 1.99. The van der Waals surface area contributed by atoms with E-state index in [0.717, 1.165) is 11.1 Å². The van der Waals surface area contributed by atoms with Gasteiger partial charge in [-0.25, -0.2) is 4.39 Å². The Morgan fingerprint density at radius 3 is 2.65 bits per heavy atom. The van der Waals surface area contributed by atoms with Crippen LogP contribution in [-0.4, -0.2) is 12.9 Å². The molecule has 0 aromatic heterocycles. The topological polar surface area (TPSA) is 26.3 Å². The van der Waals surface area contributed by atoms with Gasteiger partial charge in [-0.3, -0.25) is 4.79 Å². The number of aryl methyl sites for hydroxylation is 1. The van der Waals surface area contributed by atoms with Gasteiger partial charge in [-0.05, 0) is 40.0 Å². The van der Waals surface area contributed by atoms with Gasteiger partial charge in [0.25, 0.3) is 0 Å². The normalized spacial score (nSPS) is 10.4. The number of Topliss-reactive ketones (excluding diaryl/α,β-unsaturated/α-hetero) is 1. The summed E-state index contributed by atoms with van der Waals surface area (Å²) >= 11 is 3.09. The van der Waals surface area contributed by atoms with Gasteiger partial charge in [0.1, 0.15) is 11.6 Å². The van der Waals surface area contributed by atoms with Crippen LogP contribution in [0, 0.1) is 12.7 Å². The molecule has 0 fully saturated rings. The van der Waals surface area contributed by atoms with Gasteiger partial charge in [-0.15, -0.1) is 0 Å².